The third-order valence-electron chi connectivity index (χ3n) is 3.25. The second kappa shape index (κ2) is 7.28. The van der Waals surface area contributed by atoms with Crippen LogP contribution in [0.2, 0.25) is 0 Å². The minimum Gasteiger partial charge on any atom is -0.396 e. The largest absolute Gasteiger partial charge is 0.396 e. The number of thioether (sulfide) groups is 1. The summed E-state index contributed by atoms with van der Waals surface area (Å²) in [6, 6.07) is 8.98. The zero-order chi connectivity index (χ0) is 15.2. The zero-order valence-electron chi connectivity index (χ0n) is 12.0. The third kappa shape index (κ3) is 3.86. The maximum Gasteiger partial charge on any atom is 0.254 e. The van der Waals surface area contributed by atoms with Gasteiger partial charge in [0.25, 0.3) is 5.91 Å². The van der Waals surface area contributed by atoms with E-state index < -0.39 is 0 Å². The number of rotatable bonds is 6. The van der Waals surface area contributed by atoms with Crippen LogP contribution in [0.4, 0.5) is 0 Å². The van der Waals surface area contributed by atoms with Crippen LogP contribution in [0.1, 0.15) is 29.0 Å². The number of aliphatic hydroxyl groups is 1. The molecule has 1 aromatic heterocycles. The predicted octanol–water partition coefficient (Wildman–Crippen LogP) is 2.59. The van der Waals surface area contributed by atoms with E-state index in [4.69, 9.17) is 9.63 Å². The highest BCUT2D eigenvalue weighted by Crippen LogP contribution is 2.21. The molecule has 1 aromatic carbocycles. The van der Waals surface area contributed by atoms with Gasteiger partial charge in [0.2, 0.25) is 0 Å². The molecule has 0 bridgehead atoms. The smallest absolute Gasteiger partial charge is 0.254 e. The molecule has 0 fully saturated rings. The van der Waals surface area contributed by atoms with E-state index in [0.717, 1.165) is 10.6 Å². The van der Waals surface area contributed by atoms with Crippen molar-refractivity contribution in [1.82, 2.24) is 10.1 Å². The molecule has 2 aromatic rings. The molecule has 21 heavy (non-hydrogen) atoms. The average molecular weight is 306 g/mol. The molecule has 0 radical (unpaired) electrons. The quantitative estimate of drug-likeness (QED) is 0.831. The Hall–Kier alpha value is -1.79. The number of carbonyl (C=O) groups is 1. The van der Waals surface area contributed by atoms with Crippen molar-refractivity contribution in [2.24, 2.45) is 0 Å². The molecular formula is C15H18N2O3S. The number of carbonyl (C=O) groups excluding carboxylic acids is 1. The van der Waals surface area contributed by atoms with Crippen LogP contribution in [-0.4, -0.2) is 40.5 Å². The van der Waals surface area contributed by atoms with Crippen LogP contribution in [0.15, 0.2) is 46.0 Å². The first-order valence-corrected chi connectivity index (χ1v) is 7.63. The van der Waals surface area contributed by atoms with Crippen molar-refractivity contribution in [3.8, 4) is 0 Å². The van der Waals surface area contributed by atoms with Crippen LogP contribution < -0.4 is 0 Å². The molecule has 6 heteroatoms. The Labute approximate surface area is 127 Å². The van der Waals surface area contributed by atoms with Crippen molar-refractivity contribution in [1.29, 1.82) is 0 Å². The highest BCUT2D eigenvalue weighted by Gasteiger charge is 2.20. The van der Waals surface area contributed by atoms with Crippen LogP contribution in [0.3, 0.4) is 0 Å². The highest BCUT2D eigenvalue weighted by atomic mass is 32.2. The van der Waals surface area contributed by atoms with E-state index in [2.05, 4.69) is 5.16 Å². The summed E-state index contributed by atoms with van der Waals surface area (Å²) >= 11 is 1.56. The van der Waals surface area contributed by atoms with E-state index in [9.17, 15) is 4.79 Å². The standard InChI is InChI=1S/C15H18N2O3S/c1-11(14-7-9-20-16-14)17(2)15(19)12-3-5-13(6-4-12)21-10-8-18/h3-7,9,11,18H,8,10H2,1-2H3/t11-/m0/s1. The Balaban J connectivity index is 2.05. The minimum atomic E-state index is -0.153. The van der Waals surface area contributed by atoms with Gasteiger partial charge in [-0.2, -0.15) is 0 Å². The van der Waals surface area contributed by atoms with Gasteiger partial charge < -0.3 is 14.5 Å². The van der Waals surface area contributed by atoms with Gasteiger partial charge in [-0.3, -0.25) is 4.79 Å². The maximum absolute atomic E-state index is 12.4. The minimum absolute atomic E-state index is 0.0655. The molecule has 1 atom stereocenters. The lowest BCUT2D eigenvalue weighted by atomic mass is 10.1. The summed E-state index contributed by atoms with van der Waals surface area (Å²) in [5.74, 6) is 0.584. The molecule has 0 aliphatic carbocycles. The van der Waals surface area contributed by atoms with Crippen molar-refractivity contribution in [3.05, 3.63) is 47.9 Å². The molecule has 1 amide bonds. The fourth-order valence-corrected chi connectivity index (χ4v) is 2.53. The first-order valence-electron chi connectivity index (χ1n) is 6.64. The fourth-order valence-electron chi connectivity index (χ4n) is 1.87. The van der Waals surface area contributed by atoms with E-state index in [0.29, 0.717) is 11.3 Å². The van der Waals surface area contributed by atoms with Gasteiger partial charge >= 0.3 is 0 Å². The number of aromatic nitrogens is 1. The number of nitrogens with zero attached hydrogens (tertiary/aromatic N) is 2. The van der Waals surface area contributed by atoms with Crippen molar-refractivity contribution < 1.29 is 14.4 Å². The summed E-state index contributed by atoms with van der Waals surface area (Å²) in [6.07, 6.45) is 1.50. The Kier molecular flexibility index (Phi) is 5.41. The van der Waals surface area contributed by atoms with Gasteiger partial charge in [-0.15, -0.1) is 11.8 Å². The topological polar surface area (TPSA) is 66.6 Å². The van der Waals surface area contributed by atoms with E-state index >= 15 is 0 Å². The molecule has 0 saturated heterocycles. The summed E-state index contributed by atoms with van der Waals surface area (Å²) in [7, 11) is 1.75. The Morgan fingerprint density at radius 3 is 2.67 bits per heavy atom. The molecule has 0 saturated carbocycles. The average Bonchev–Trinajstić information content (AvgIpc) is 3.05. The highest BCUT2D eigenvalue weighted by molar-refractivity contribution is 7.99. The molecule has 1 N–H and O–H groups in total. The fraction of sp³-hybridized carbons (Fsp3) is 0.333. The van der Waals surface area contributed by atoms with Crippen LogP contribution in [0.25, 0.3) is 0 Å². The van der Waals surface area contributed by atoms with Crippen molar-refractivity contribution >= 4 is 17.7 Å². The molecule has 5 nitrogen and oxygen atoms in total. The zero-order valence-corrected chi connectivity index (χ0v) is 12.8. The normalized spacial score (nSPS) is 12.1. The molecule has 0 aliphatic rings. The third-order valence-corrected chi connectivity index (χ3v) is 4.24. The van der Waals surface area contributed by atoms with Crippen molar-refractivity contribution in [2.75, 3.05) is 19.4 Å². The molecule has 112 valence electrons. The summed E-state index contributed by atoms with van der Waals surface area (Å²) in [5.41, 5.74) is 1.35. The number of hydrogen-bond acceptors (Lipinski definition) is 5. The van der Waals surface area contributed by atoms with Gasteiger partial charge in [0.1, 0.15) is 12.0 Å². The first-order chi connectivity index (χ1) is 10.1. The molecule has 0 unspecified atom stereocenters. The van der Waals surface area contributed by atoms with Gasteiger partial charge in [0, 0.05) is 29.3 Å². The Bertz CT molecular complexity index is 569. The SMILES string of the molecule is C[C@@H](c1ccon1)N(C)C(=O)c1ccc(SCCO)cc1. The van der Waals surface area contributed by atoms with Gasteiger partial charge in [-0.25, -0.2) is 0 Å². The van der Waals surface area contributed by atoms with Gasteiger partial charge in [-0.05, 0) is 31.2 Å². The maximum atomic E-state index is 12.4. The van der Waals surface area contributed by atoms with E-state index in [1.807, 2.05) is 19.1 Å². The lowest BCUT2D eigenvalue weighted by molar-refractivity contribution is 0.0737. The Morgan fingerprint density at radius 1 is 1.38 bits per heavy atom. The summed E-state index contributed by atoms with van der Waals surface area (Å²) in [4.78, 5) is 15.1. The van der Waals surface area contributed by atoms with Crippen LogP contribution in [0.5, 0.6) is 0 Å². The molecule has 0 aliphatic heterocycles. The number of aliphatic hydroxyl groups excluding tert-OH is 1. The monoisotopic (exact) mass is 306 g/mol. The van der Waals surface area contributed by atoms with Gasteiger partial charge in [0.15, 0.2) is 0 Å². The molecule has 2 rings (SSSR count). The summed E-state index contributed by atoms with van der Waals surface area (Å²) < 4.78 is 4.81. The Morgan fingerprint density at radius 2 is 2.10 bits per heavy atom. The van der Waals surface area contributed by atoms with Crippen LogP contribution in [-0.2, 0) is 0 Å². The summed E-state index contributed by atoms with van der Waals surface area (Å²) in [6.45, 7) is 2.05. The lowest BCUT2D eigenvalue weighted by Gasteiger charge is -2.23. The van der Waals surface area contributed by atoms with Crippen LogP contribution >= 0.6 is 11.8 Å². The predicted molar refractivity (Wildman–Crippen MR) is 81.3 cm³/mol. The second-order valence-corrected chi connectivity index (χ2v) is 5.78. The summed E-state index contributed by atoms with van der Waals surface area (Å²) in [5, 5.41) is 12.7. The van der Waals surface area contributed by atoms with Crippen molar-refractivity contribution in [3.63, 3.8) is 0 Å². The van der Waals surface area contributed by atoms with Gasteiger partial charge in [0.05, 0.1) is 12.6 Å². The molecule has 1 heterocycles. The van der Waals surface area contributed by atoms with Crippen molar-refractivity contribution in [2.45, 2.75) is 17.9 Å². The number of amides is 1. The molecular weight excluding hydrogens is 288 g/mol. The number of benzene rings is 1. The number of hydrogen-bond donors (Lipinski definition) is 1. The second-order valence-electron chi connectivity index (χ2n) is 4.61. The van der Waals surface area contributed by atoms with Gasteiger partial charge in [-0.1, -0.05) is 5.16 Å². The lowest BCUT2D eigenvalue weighted by Crippen LogP contribution is -2.29. The first kappa shape index (κ1) is 15.6. The molecule has 0 spiro atoms. The van der Waals surface area contributed by atoms with E-state index in [-0.39, 0.29) is 18.6 Å². The van der Waals surface area contributed by atoms with Crippen LogP contribution in [0, 0.1) is 0 Å². The van der Waals surface area contributed by atoms with E-state index in [1.165, 1.54) is 6.26 Å². The van der Waals surface area contributed by atoms with E-state index in [1.54, 1.807) is 41.9 Å².